The molecule has 96 valence electrons. The molecule has 5 heteroatoms. The van der Waals surface area contributed by atoms with Crippen LogP contribution < -0.4 is 51.4 Å². The van der Waals surface area contributed by atoms with E-state index in [1.807, 2.05) is 30.3 Å². The van der Waals surface area contributed by atoms with Gasteiger partial charge in [0.2, 0.25) is 0 Å². The molecule has 0 aromatic heterocycles. The molecule has 19 heavy (non-hydrogen) atoms. The van der Waals surface area contributed by atoms with E-state index in [1.165, 1.54) is 19.9 Å². The van der Waals surface area contributed by atoms with Crippen molar-refractivity contribution in [3.8, 4) is 0 Å². The molecular formula is C14H16KNO3. The molecule has 0 aliphatic rings. The molecule has 0 amide bonds. The molecule has 1 rings (SSSR count). The summed E-state index contributed by atoms with van der Waals surface area (Å²) >= 11 is 0. The molecule has 0 saturated carbocycles. The number of ketones is 1. The number of Topliss-reactive ketones (excluding diaryl/α,β-unsaturated/α-hetero) is 1. The minimum absolute atomic E-state index is 0. The van der Waals surface area contributed by atoms with E-state index in [1.54, 1.807) is 6.08 Å². The first-order valence-corrected chi connectivity index (χ1v) is 5.45. The molecule has 0 aliphatic heterocycles. The fraction of sp³-hybridized carbons (Fsp3) is 0.214. The molecule has 0 bridgehead atoms. The van der Waals surface area contributed by atoms with Gasteiger partial charge >= 0.3 is 57.4 Å². The number of rotatable bonds is 5. The van der Waals surface area contributed by atoms with Gasteiger partial charge in [-0.3, -0.25) is 15.0 Å². The van der Waals surface area contributed by atoms with Crippen molar-refractivity contribution in [1.29, 1.82) is 5.41 Å². The molecule has 0 aliphatic carbocycles. The first kappa shape index (κ1) is 18.4. The van der Waals surface area contributed by atoms with Crippen molar-refractivity contribution in [1.82, 2.24) is 0 Å². The summed E-state index contributed by atoms with van der Waals surface area (Å²) in [6, 6.07) is 9.20. The molecule has 0 atom stereocenters. The van der Waals surface area contributed by atoms with Crippen molar-refractivity contribution in [3.05, 3.63) is 42.0 Å². The van der Waals surface area contributed by atoms with Crippen molar-refractivity contribution < 1.29 is 67.5 Å². The summed E-state index contributed by atoms with van der Waals surface area (Å²) in [4.78, 5) is 22.7. The standard InChI is InChI=1S/C14H15NO3.K.H/c1-14(2,13(17)18)12(16)11(15)9-8-10-6-4-3-5-7-10;;/h3-9,15H,1-2H3,(H,17,18);;/q;+1;-1. The third-order valence-corrected chi connectivity index (χ3v) is 2.59. The number of allylic oxidation sites excluding steroid dienone is 1. The summed E-state index contributed by atoms with van der Waals surface area (Å²) in [5, 5.41) is 16.5. The third kappa shape index (κ3) is 5.12. The summed E-state index contributed by atoms with van der Waals surface area (Å²) in [6.45, 7) is 2.59. The third-order valence-electron chi connectivity index (χ3n) is 2.59. The van der Waals surface area contributed by atoms with E-state index in [-0.39, 0.29) is 58.5 Å². The molecule has 0 heterocycles. The normalized spacial score (nSPS) is 10.8. The van der Waals surface area contributed by atoms with Gasteiger partial charge in [0, 0.05) is 0 Å². The van der Waals surface area contributed by atoms with Crippen LogP contribution in [0.1, 0.15) is 20.8 Å². The molecule has 0 unspecified atom stereocenters. The van der Waals surface area contributed by atoms with Gasteiger partial charge in [-0.1, -0.05) is 36.4 Å². The zero-order chi connectivity index (χ0) is 13.8. The molecule has 0 fully saturated rings. The number of hydrogen-bond donors (Lipinski definition) is 2. The number of carbonyl (C=O) groups is 2. The number of hydrogen-bond acceptors (Lipinski definition) is 3. The van der Waals surface area contributed by atoms with Gasteiger partial charge in [-0.15, -0.1) is 0 Å². The Bertz CT molecular complexity index is 512. The Hall–Kier alpha value is -0.594. The molecular weight excluding hydrogens is 269 g/mol. The van der Waals surface area contributed by atoms with Crippen molar-refractivity contribution in [2.24, 2.45) is 5.41 Å². The smallest absolute Gasteiger partial charge is 1.00 e. The number of carboxylic acids is 1. The van der Waals surface area contributed by atoms with Crippen LogP contribution in [0.15, 0.2) is 36.4 Å². The molecule has 2 N–H and O–H groups in total. The van der Waals surface area contributed by atoms with Crippen LogP contribution in [-0.4, -0.2) is 22.6 Å². The van der Waals surface area contributed by atoms with E-state index < -0.39 is 17.2 Å². The predicted octanol–water partition coefficient (Wildman–Crippen LogP) is -0.484. The second kappa shape index (κ2) is 7.87. The predicted molar refractivity (Wildman–Crippen MR) is 70.7 cm³/mol. The number of carbonyl (C=O) groups excluding carboxylic acids is 1. The van der Waals surface area contributed by atoms with Gasteiger partial charge in [-0.25, -0.2) is 0 Å². The van der Waals surface area contributed by atoms with Crippen LogP contribution in [0.3, 0.4) is 0 Å². The van der Waals surface area contributed by atoms with E-state index in [0.717, 1.165) is 5.56 Å². The summed E-state index contributed by atoms with van der Waals surface area (Å²) < 4.78 is 0. The Morgan fingerprint density at radius 1 is 1.26 bits per heavy atom. The van der Waals surface area contributed by atoms with Crippen LogP contribution in [0.5, 0.6) is 0 Å². The minimum atomic E-state index is -1.57. The van der Waals surface area contributed by atoms with Crippen molar-refractivity contribution in [2.45, 2.75) is 13.8 Å². The molecule has 0 radical (unpaired) electrons. The summed E-state index contributed by atoms with van der Waals surface area (Å²) in [5.74, 6) is -1.94. The van der Waals surface area contributed by atoms with Gasteiger partial charge in [0.25, 0.3) is 0 Å². The van der Waals surface area contributed by atoms with Crippen LogP contribution in [0, 0.1) is 10.8 Å². The zero-order valence-corrected chi connectivity index (χ0v) is 14.4. The Morgan fingerprint density at radius 3 is 2.26 bits per heavy atom. The fourth-order valence-electron chi connectivity index (χ4n) is 1.25. The average molecular weight is 285 g/mol. The summed E-state index contributed by atoms with van der Waals surface area (Å²) in [7, 11) is 0. The fourth-order valence-corrected chi connectivity index (χ4v) is 1.25. The van der Waals surface area contributed by atoms with Crippen molar-refractivity contribution in [2.75, 3.05) is 0 Å². The van der Waals surface area contributed by atoms with Gasteiger partial charge in [0.15, 0.2) is 5.78 Å². The molecule has 4 nitrogen and oxygen atoms in total. The Morgan fingerprint density at radius 2 is 1.79 bits per heavy atom. The van der Waals surface area contributed by atoms with Gasteiger partial charge in [0.1, 0.15) is 5.41 Å². The van der Waals surface area contributed by atoms with E-state index >= 15 is 0 Å². The molecule has 0 spiro atoms. The summed E-state index contributed by atoms with van der Waals surface area (Å²) in [5.41, 5.74) is -1.03. The van der Waals surface area contributed by atoms with Gasteiger partial charge < -0.3 is 6.53 Å². The van der Waals surface area contributed by atoms with E-state index in [4.69, 9.17) is 10.5 Å². The van der Waals surface area contributed by atoms with Gasteiger partial charge in [-0.05, 0) is 25.5 Å². The van der Waals surface area contributed by atoms with Crippen LogP contribution in [0.2, 0.25) is 0 Å². The number of benzene rings is 1. The first-order chi connectivity index (χ1) is 8.35. The van der Waals surface area contributed by atoms with Crippen molar-refractivity contribution >= 4 is 23.5 Å². The Kier molecular flexibility index (Phi) is 7.62. The van der Waals surface area contributed by atoms with Crippen LogP contribution in [0.25, 0.3) is 6.08 Å². The topological polar surface area (TPSA) is 78.2 Å². The maximum absolute atomic E-state index is 11.8. The zero-order valence-electron chi connectivity index (χ0n) is 12.3. The van der Waals surface area contributed by atoms with Gasteiger partial charge in [0.05, 0.1) is 5.71 Å². The van der Waals surface area contributed by atoms with Gasteiger partial charge in [-0.2, -0.15) is 0 Å². The minimum Gasteiger partial charge on any atom is -1.00 e. The number of aliphatic carboxylic acids is 1. The van der Waals surface area contributed by atoms with E-state index in [0.29, 0.717) is 0 Å². The molecule has 0 saturated heterocycles. The number of nitrogens with one attached hydrogen (secondary N) is 1. The van der Waals surface area contributed by atoms with Crippen LogP contribution >= 0.6 is 0 Å². The maximum atomic E-state index is 11.8. The first-order valence-electron chi connectivity index (χ1n) is 5.45. The SMILES string of the molecule is CC(C)(C(=O)O)C(=O)C(=N)C=Cc1ccccc1.[H-].[K+]. The average Bonchev–Trinajstić information content (AvgIpc) is 2.36. The molecule has 1 aromatic carbocycles. The molecule has 1 aromatic rings. The Labute approximate surface area is 156 Å². The monoisotopic (exact) mass is 285 g/mol. The Balaban J connectivity index is 0. The second-order valence-electron chi connectivity index (χ2n) is 4.42. The summed E-state index contributed by atoms with van der Waals surface area (Å²) in [6.07, 6.45) is 2.93. The quantitative estimate of drug-likeness (QED) is 0.435. The maximum Gasteiger partial charge on any atom is 1.00 e. The largest absolute Gasteiger partial charge is 1.00 e. The second-order valence-corrected chi connectivity index (χ2v) is 4.42. The number of carboxylic acid groups (broad SMARTS) is 1. The van der Waals surface area contributed by atoms with E-state index in [2.05, 4.69) is 0 Å². The van der Waals surface area contributed by atoms with E-state index in [9.17, 15) is 9.59 Å². The van der Waals surface area contributed by atoms with Crippen LogP contribution in [-0.2, 0) is 9.59 Å². The van der Waals surface area contributed by atoms with Crippen LogP contribution in [0.4, 0.5) is 0 Å². The van der Waals surface area contributed by atoms with Crippen molar-refractivity contribution in [3.63, 3.8) is 0 Å².